The second kappa shape index (κ2) is 6.95. The first-order valence-electron chi connectivity index (χ1n) is 5.40. The van der Waals surface area contributed by atoms with Gasteiger partial charge in [-0.1, -0.05) is 12.1 Å². The number of hydrogen-bond acceptors (Lipinski definition) is 5. The Morgan fingerprint density at radius 1 is 1.16 bits per heavy atom. The van der Waals surface area contributed by atoms with Gasteiger partial charge in [0.2, 0.25) is 0 Å². The van der Waals surface area contributed by atoms with Crippen molar-refractivity contribution in [2.24, 2.45) is 0 Å². The first kappa shape index (κ1) is 15.3. The van der Waals surface area contributed by atoms with Gasteiger partial charge in [0.05, 0.1) is 12.4 Å². The van der Waals surface area contributed by atoms with Crippen molar-refractivity contribution in [3.8, 4) is 11.5 Å². The quantitative estimate of drug-likeness (QED) is 0.538. The van der Waals surface area contributed by atoms with Crippen LogP contribution in [0.15, 0.2) is 24.3 Å². The molecule has 0 aliphatic heterocycles. The van der Waals surface area contributed by atoms with Crippen LogP contribution in [-0.4, -0.2) is 43.0 Å². The summed E-state index contributed by atoms with van der Waals surface area (Å²) in [7, 11) is -4.00. The van der Waals surface area contributed by atoms with Crippen molar-refractivity contribution >= 4 is 16.1 Å². The van der Waals surface area contributed by atoms with Gasteiger partial charge >= 0.3 is 5.97 Å². The molecule has 0 atom stereocenters. The fourth-order valence-corrected chi connectivity index (χ4v) is 1.73. The van der Waals surface area contributed by atoms with Crippen LogP contribution >= 0.6 is 0 Å². The van der Waals surface area contributed by atoms with Crippen molar-refractivity contribution in [2.45, 2.75) is 6.42 Å². The first-order valence-corrected chi connectivity index (χ1v) is 7.01. The molecule has 0 unspecified atom stereocenters. The van der Waals surface area contributed by atoms with Gasteiger partial charge in [-0.15, -0.1) is 0 Å². The summed E-state index contributed by atoms with van der Waals surface area (Å²) in [4.78, 5) is 10.4. The molecule has 0 amide bonds. The lowest BCUT2D eigenvalue weighted by atomic mass is 10.3. The number of para-hydroxylation sites is 2. The molecule has 7 nitrogen and oxygen atoms in total. The van der Waals surface area contributed by atoms with E-state index in [1.807, 2.05) is 0 Å². The third kappa shape index (κ3) is 6.63. The summed E-state index contributed by atoms with van der Waals surface area (Å²) in [6, 6.07) is 6.44. The van der Waals surface area contributed by atoms with E-state index in [-0.39, 0.29) is 18.8 Å². The van der Waals surface area contributed by atoms with Crippen LogP contribution in [0.4, 0.5) is 0 Å². The Kier molecular flexibility index (Phi) is 5.58. The number of ether oxygens (including phenoxy) is 2. The molecule has 1 aromatic carbocycles. The van der Waals surface area contributed by atoms with Gasteiger partial charge in [0.15, 0.2) is 18.1 Å². The average Bonchev–Trinajstić information content (AvgIpc) is 2.32. The summed E-state index contributed by atoms with van der Waals surface area (Å²) in [5.74, 6) is -0.928. The van der Waals surface area contributed by atoms with Crippen molar-refractivity contribution in [3.63, 3.8) is 0 Å². The predicted octanol–water partition coefficient (Wildman–Crippen LogP) is 0.807. The number of benzene rings is 1. The molecule has 0 heterocycles. The van der Waals surface area contributed by atoms with Crippen molar-refractivity contribution in [3.05, 3.63) is 24.3 Å². The van der Waals surface area contributed by atoms with Gasteiger partial charge in [-0.25, -0.2) is 4.79 Å². The molecule has 0 spiro atoms. The van der Waals surface area contributed by atoms with Gasteiger partial charge in [0.25, 0.3) is 10.1 Å². The summed E-state index contributed by atoms with van der Waals surface area (Å²) >= 11 is 0. The summed E-state index contributed by atoms with van der Waals surface area (Å²) < 4.78 is 39.8. The first-order chi connectivity index (χ1) is 8.88. The lowest BCUT2D eigenvalue weighted by Gasteiger charge is -2.11. The molecule has 8 heteroatoms. The molecule has 0 fully saturated rings. The Morgan fingerprint density at radius 3 is 2.26 bits per heavy atom. The molecule has 0 saturated heterocycles. The highest BCUT2D eigenvalue weighted by atomic mass is 32.2. The van der Waals surface area contributed by atoms with Gasteiger partial charge in [-0.2, -0.15) is 8.42 Å². The largest absolute Gasteiger partial charge is 0.490 e. The maximum absolute atomic E-state index is 10.5. The maximum Gasteiger partial charge on any atom is 0.341 e. The van der Waals surface area contributed by atoms with Crippen LogP contribution in [-0.2, 0) is 14.9 Å². The van der Waals surface area contributed by atoms with E-state index in [1.165, 1.54) is 0 Å². The highest BCUT2D eigenvalue weighted by molar-refractivity contribution is 7.85. The fourth-order valence-electron chi connectivity index (χ4n) is 1.25. The molecule has 0 saturated carbocycles. The van der Waals surface area contributed by atoms with Crippen LogP contribution in [0.2, 0.25) is 0 Å². The smallest absolute Gasteiger partial charge is 0.341 e. The Balaban J connectivity index is 2.50. The minimum Gasteiger partial charge on any atom is -0.490 e. The minimum absolute atomic E-state index is 0.0627. The minimum atomic E-state index is -4.00. The third-order valence-corrected chi connectivity index (χ3v) is 2.81. The highest BCUT2D eigenvalue weighted by Crippen LogP contribution is 2.26. The average molecular weight is 290 g/mol. The standard InChI is InChI=1S/C11H14O7S/c12-11(13)8-18-10-5-2-1-4-9(10)17-6-3-7-19(14,15)16/h1-2,4-5H,3,6-8H2,(H,12,13)(H,14,15,16). The molecule has 0 bridgehead atoms. The zero-order valence-electron chi connectivity index (χ0n) is 9.98. The molecule has 2 N–H and O–H groups in total. The van der Waals surface area contributed by atoms with E-state index < -0.39 is 28.4 Å². The number of carboxylic acid groups (broad SMARTS) is 1. The van der Waals surface area contributed by atoms with Crippen molar-refractivity contribution < 1.29 is 32.3 Å². The van der Waals surface area contributed by atoms with Crippen molar-refractivity contribution in [1.82, 2.24) is 0 Å². The van der Waals surface area contributed by atoms with Gasteiger partial charge in [-0.05, 0) is 18.6 Å². The van der Waals surface area contributed by atoms with E-state index in [9.17, 15) is 13.2 Å². The summed E-state index contributed by atoms with van der Waals surface area (Å²) in [5, 5.41) is 8.51. The molecule has 0 aliphatic carbocycles. The molecule has 1 rings (SSSR count). The molecular weight excluding hydrogens is 276 g/mol. The number of rotatable bonds is 8. The van der Waals surface area contributed by atoms with Crippen LogP contribution in [0, 0.1) is 0 Å². The predicted molar refractivity (Wildman–Crippen MR) is 66.1 cm³/mol. The van der Waals surface area contributed by atoms with Crippen LogP contribution in [0.5, 0.6) is 11.5 Å². The Labute approximate surface area is 110 Å². The topological polar surface area (TPSA) is 110 Å². The molecule has 1 aromatic rings. The van der Waals surface area contributed by atoms with E-state index >= 15 is 0 Å². The zero-order chi connectivity index (χ0) is 14.3. The number of hydrogen-bond donors (Lipinski definition) is 2. The van der Waals surface area contributed by atoms with Gasteiger partial charge in [0.1, 0.15) is 0 Å². The van der Waals surface area contributed by atoms with E-state index in [0.717, 1.165) is 0 Å². The van der Waals surface area contributed by atoms with Crippen LogP contribution in [0.3, 0.4) is 0 Å². The van der Waals surface area contributed by atoms with E-state index in [0.29, 0.717) is 5.75 Å². The van der Waals surface area contributed by atoms with Crippen molar-refractivity contribution in [2.75, 3.05) is 19.0 Å². The normalized spacial score (nSPS) is 11.0. The number of carboxylic acids is 1. The van der Waals surface area contributed by atoms with Gasteiger partial charge in [0, 0.05) is 0 Å². The van der Waals surface area contributed by atoms with Crippen LogP contribution in [0.25, 0.3) is 0 Å². The van der Waals surface area contributed by atoms with Crippen LogP contribution in [0.1, 0.15) is 6.42 Å². The molecular formula is C11H14O7S. The van der Waals surface area contributed by atoms with E-state index in [1.54, 1.807) is 24.3 Å². The zero-order valence-corrected chi connectivity index (χ0v) is 10.8. The molecule has 0 aromatic heterocycles. The maximum atomic E-state index is 10.5. The summed E-state index contributed by atoms with van der Waals surface area (Å²) in [5.41, 5.74) is 0. The van der Waals surface area contributed by atoms with Gasteiger partial charge < -0.3 is 14.6 Å². The molecule has 106 valence electrons. The van der Waals surface area contributed by atoms with Gasteiger partial charge in [-0.3, -0.25) is 4.55 Å². The van der Waals surface area contributed by atoms with Crippen molar-refractivity contribution in [1.29, 1.82) is 0 Å². The highest BCUT2D eigenvalue weighted by Gasteiger charge is 2.08. The second-order valence-corrected chi connectivity index (χ2v) is 5.19. The molecule has 0 radical (unpaired) electrons. The second-order valence-electron chi connectivity index (χ2n) is 3.62. The Hall–Kier alpha value is -1.80. The molecule has 19 heavy (non-hydrogen) atoms. The number of aliphatic carboxylic acids is 1. The summed E-state index contributed by atoms with van der Waals surface area (Å²) in [6.07, 6.45) is 0.117. The lowest BCUT2D eigenvalue weighted by molar-refractivity contribution is -0.139. The lowest BCUT2D eigenvalue weighted by Crippen LogP contribution is -2.11. The Morgan fingerprint density at radius 2 is 1.74 bits per heavy atom. The van der Waals surface area contributed by atoms with E-state index in [2.05, 4.69) is 0 Å². The Bertz CT molecular complexity index is 524. The third-order valence-electron chi connectivity index (χ3n) is 2.00. The van der Waals surface area contributed by atoms with E-state index in [4.69, 9.17) is 19.1 Å². The molecule has 0 aliphatic rings. The fraction of sp³-hybridized carbons (Fsp3) is 0.364. The SMILES string of the molecule is O=C(O)COc1ccccc1OCCCS(=O)(=O)O. The van der Waals surface area contributed by atoms with Crippen LogP contribution < -0.4 is 9.47 Å². The number of carbonyl (C=O) groups is 1. The summed E-state index contributed by atoms with van der Waals surface area (Å²) in [6.45, 7) is -0.432. The monoisotopic (exact) mass is 290 g/mol.